The predicted octanol–water partition coefficient (Wildman–Crippen LogP) is 1.81. The van der Waals surface area contributed by atoms with Crippen LogP contribution in [0.2, 0.25) is 0 Å². The molecule has 0 saturated heterocycles. The van der Waals surface area contributed by atoms with Gasteiger partial charge in [-0.2, -0.15) is 0 Å². The van der Waals surface area contributed by atoms with Crippen LogP contribution in [0.1, 0.15) is 22.3 Å². The molecule has 0 aliphatic rings. The summed E-state index contributed by atoms with van der Waals surface area (Å²) in [4.78, 5) is 0. The first-order valence-electron chi connectivity index (χ1n) is 10.2. The van der Waals surface area contributed by atoms with Gasteiger partial charge in [-0.05, 0) is 0 Å². The zero-order chi connectivity index (χ0) is 23.3. The van der Waals surface area contributed by atoms with Crippen LogP contribution in [0, 0.1) is 0 Å². The monoisotopic (exact) mass is 502 g/mol. The number of rotatable bonds is 4. The minimum atomic E-state index is -0.110. The molecule has 0 fully saturated rings. The molecular formula is C28H28GeO4. The van der Waals surface area contributed by atoms with Gasteiger partial charge in [0, 0.05) is 0 Å². The minimum Gasteiger partial charge on any atom is -0.851 e. The van der Waals surface area contributed by atoms with E-state index in [2.05, 4.69) is 0 Å². The summed E-state index contributed by atoms with van der Waals surface area (Å²) in [5.41, 5.74) is 3.42. The van der Waals surface area contributed by atoms with Crippen molar-refractivity contribution >= 4 is 17.6 Å². The summed E-state index contributed by atoms with van der Waals surface area (Å²) in [7, 11) is 0. The molecule has 0 amide bonds. The fourth-order valence-corrected chi connectivity index (χ4v) is 2.30. The van der Waals surface area contributed by atoms with Crippen LogP contribution in [-0.4, -0.2) is 17.6 Å². The molecule has 4 aromatic carbocycles. The van der Waals surface area contributed by atoms with Crippen LogP contribution in [0.5, 0.6) is 0 Å². The molecule has 4 nitrogen and oxygen atoms in total. The Morgan fingerprint density at radius 3 is 0.545 bits per heavy atom. The molecule has 0 aliphatic heterocycles. The van der Waals surface area contributed by atoms with E-state index in [4.69, 9.17) is 0 Å². The van der Waals surface area contributed by atoms with E-state index in [0.29, 0.717) is 0 Å². The van der Waals surface area contributed by atoms with Gasteiger partial charge in [0.05, 0.1) is 0 Å². The van der Waals surface area contributed by atoms with Crippen molar-refractivity contribution in [3.05, 3.63) is 144 Å². The summed E-state index contributed by atoms with van der Waals surface area (Å²) in [6.07, 6.45) is 0. The molecule has 0 aromatic heterocycles. The average molecular weight is 501 g/mol. The van der Waals surface area contributed by atoms with E-state index in [1.807, 2.05) is 121 Å². The first-order valence-corrected chi connectivity index (χ1v) is 10.2. The van der Waals surface area contributed by atoms with Crippen LogP contribution in [-0.2, 0) is 26.4 Å². The van der Waals surface area contributed by atoms with Gasteiger partial charge in [0.15, 0.2) is 0 Å². The maximum atomic E-state index is 10.1. The van der Waals surface area contributed by atoms with E-state index in [9.17, 15) is 20.4 Å². The van der Waals surface area contributed by atoms with E-state index in [0.717, 1.165) is 22.3 Å². The van der Waals surface area contributed by atoms with Gasteiger partial charge in [0.25, 0.3) is 0 Å². The van der Waals surface area contributed by atoms with Gasteiger partial charge in [0.2, 0.25) is 0 Å². The third-order valence-electron chi connectivity index (χ3n) is 4.04. The van der Waals surface area contributed by atoms with Crippen molar-refractivity contribution < 1.29 is 20.4 Å². The van der Waals surface area contributed by atoms with Gasteiger partial charge in [-0.3, -0.25) is 0 Å². The largest absolute Gasteiger partial charge is 4.00 e. The number of hydrogen-bond acceptors (Lipinski definition) is 4. The van der Waals surface area contributed by atoms with Gasteiger partial charge in [-0.25, -0.2) is 0 Å². The molecule has 0 unspecified atom stereocenters. The van der Waals surface area contributed by atoms with E-state index < -0.39 is 0 Å². The van der Waals surface area contributed by atoms with E-state index in [1.165, 1.54) is 0 Å². The summed E-state index contributed by atoms with van der Waals surface area (Å²) in [6.45, 7) is -0.441. The Kier molecular flexibility index (Phi) is 19.4. The van der Waals surface area contributed by atoms with Crippen molar-refractivity contribution in [2.24, 2.45) is 0 Å². The Balaban J connectivity index is 0.000000410. The zero-order valence-electron chi connectivity index (χ0n) is 18.5. The Bertz CT molecular complexity index is 747. The Morgan fingerprint density at radius 1 is 0.303 bits per heavy atom. The standard InChI is InChI=1S/4C7H7O.Ge/c4*8-6-7-4-2-1-3-5-7;/h4*1-5H,6H2;/q4*-1;+4. The SMILES string of the molecule is [Ge+4].[O-]Cc1ccccc1.[O-]Cc1ccccc1.[O-]Cc1ccccc1.[O-]Cc1ccccc1. The van der Waals surface area contributed by atoms with Gasteiger partial charge in [0.1, 0.15) is 0 Å². The van der Waals surface area contributed by atoms with Crippen molar-refractivity contribution in [1.29, 1.82) is 0 Å². The Morgan fingerprint density at radius 2 is 0.455 bits per heavy atom. The topological polar surface area (TPSA) is 92.2 Å². The fourth-order valence-electron chi connectivity index (χ4n) is 2.30. The van der Waals surface area contributed by atoms with Gasteiger partial charge in [-0.15, -0.1) is 26.4 Å². The zero-order valence-corrected chi connectivity index (χ0v) is 20.6. The van der Waals surface area contributed by atoms with Crippen LogP contribution in [0.4, 0.5) is 0 Å². The molecular weight excluding hydrogens is 473 g/mol. The summed E-state index contributed by atoms with van der Waals surface area (Å²) < 4.78 is 0. The van der Waals surface area contributed by atoms with E-state index in [-0.39, 0.29) is 44.0 Å². The van der Waals surface area contributed by atoms with Gasteiger partial charge in [-0.1, -0.05) is 144 Å². The maximum absolute atomic E-state index is 10.1. The number of hydrogen-bond donors (Lipinski definition) is 0. The second-order valence-corrected chi connectivity index (χ2v) is 6.52. The van der Waals surface area contributed by atoms with Crippen LogP contribution >= 0.6 is 0 Å². The first kappa shape index (κ1) is 30.3. The van der Waals surface area contributed by atoms with Crippen LogP contribution in [0.3, 0.4) is 0 Å². The normalized spacial score (nSPS) is 8.85. The molecule has 0 heterocycles. The van der Waals surface area contributed by atoms with Gasteiger partial charge >= 0.3 is 17.6 Å². The van der Waals surface area contributed by atoms with Crippen LogP contribution < -0.4 is 20.4 Å². The predicted molar refractivity (Wildman–Crippen MR) is 126 cm³/mol. The van der Waals surface area contributed by atoms with E-state index in [1.54, 1.807) is 0 Å². The van der Waals surface area contributed by atoms with Crippen molar-refractivity contribution in [3.63, 3.8) is 0 Å². The fraction of sp³-hybridized carbons (Fsp3) is 0.143. The van der Waals surface area contributed by atoms with Crippen molar-refractivity contribution in [1.82, 2.24) is 0 Å². The molecule has 168 valence electrons. The second-order valence-electron chi connectivity index (χ2n) is 6.52. The van der Waals surface area contributed by atoms with Crippen molar-refractivity contribution in [3.8, 4) is 0 Å². The first-order chi connectivity index (χ1) is 15.7. The van der Waals surface area contributed by atoms with Crippen LogP contribution in [0.25, 0.3) is 0 Å². The van der Waals surface area contributed by atoms with Gasteiger partial charge < -0.3 is 20.4 Å². The Labute approximate surface area is 207 Å². The third-order valence-corrected chi connectivity index (χ3v) is 4.04. The molecule has 0 aliphatic carbocycles. The minimum absolute atomic E-state index is 0. The smallest absolute Gasteiger partial charge is 0.851 e. The van der Waals surface area contributed by atoms with Crippen LogP contribution in [0.15, 0.2) is 121 Å². The summed E-state index contributed by atoms with van der Waals surface area (Å²) >= 11 is 0. The molecule has 4 aromatic rings. The van der Waals surface area contributed by atoms with Crippen molar-refractivity contribution in [2.75, 3.05) is 0 Å². The second kappa shape index (κ2) is 21.1. The third kappa shape index (κ3) is 15.7. The summed E-state index contributed by atoms with van der Waals surface area (Å²) in [5.74, 6) is 0. The molecule has 0 spiro atoms. The molecule has 4 rings (SSSR count). The molecule has 0 N–H and O–H groups in total. The van der Waals surface area contributed by atoms with Crippen molar-refractivity contribution in [2.45, 2.75) is 26.4 Å². The average Bonchev–Trinajstić information content (AvgIpc) is 2.91. The maximum Gasteiger partial charge on any atom is 4.00 e. The molecule has 33 heavy (non-hydrogen) atoms. The molecule has 0 radical (unpaired) electrons. The molecule has 0 saturated carbocycles. The molecule has 0 bridgehead atoms. The van der Waals surface area contributed by atoms with E-state index >= 15 is 0 Å². The molecule has 0 atom stereocenters. The summed E-state index contributed by atoms with van der Waals surface area (Å²) in [6, 6.07) is 37.2. The summed E-state index contributed by atoms with van der Waals surface area (Å²) in [5, 5.41) is 40.5. The number of benzene rings is 4. The Hall–Kier alpha value is -2.74. The quantitative estimate of drug-likeness (QED) is 0.399. The molecule has 5 heteroatoms.